The molecule has 2 atom stereocenters. The van der Waals surface area contributed by atoms with Crippen LogP contribution >= 0.6 is 15.9 Å². The lowest BCUT2D eigenvalue weighted by atomic mass is 10.0. The lowest BCUT2D eigenvalue weighted by Gasteiger charge is -2.16. The van der Waals surface area contributed by atoms with E-state index in [2.05, 4.69) is 15.9 Å². The van der Waals surface area contributed by atoms with E-state index in [0.29, 0.717) is 0 Å². The van der Waals surface area contributed by atoms with Crippen LogP contribution in [0.4, 0.5) is 4.39 Å². The Hall–Kier alpha value is -0.450. The summed E-state index contributed by atoms with van der Waals surface area (Å²) in [7, 11) is 0. The molecule has 0 saturated carbocycles. The van der Waals surface area contributed by atoms with Crippen LogP contribution in [0.5, 0.6) is 0 Å². The molecule has 0 spiro atoms. The van der Waals surface area contributed by atoms with E-state index < -0.39 is 18.0 Å². The maximum absolute atomic E-state index is 13.4. The summed E-state index contributed by atoms with van der Waals surface area (Å²) in [5, 5.41) is 9.61. The Balaban J connectivity index is 3.15. The fourth-order valence-corrected chi connectivity index (χ4v) is 1.53. The van der Waals surface area contributed by atoms with Crippen LogP contribution in [0.2, 0.25) is 0 Å². The molecule has 0 bridgehead atoms. The predicted octanol–water partition coefficient (Wildman–Crippen LogP) is 2.28. The molecule has 0 amide bonds. The zero-order valence-electron chi connectivity index (χ0n) is 8.09. The molecule has 1 aromatic carbocycles. The van der Waals surface area contributed by atoms with Crippen molar-refractivity contribution in [3.63, 3.8) is 0 Å². The Morgan fingerprint density at radius 1 is 1.50 bits per heavy atom. The van der Waals surface area contributed by atoms with Crippen LogP contribution in [0.25, 0.3) is 0 Å². The highest BCUT2D eigenvalue weighted by Gasteiger charge is 2.17. The SMILES string of the molecule is Cc1cc(F)c(C(O)C(C)N)cc1Br. The molecule has 14 heavy (non-hydrogen) atoms. The number of rotatable bonds is 2. The van der Waals surface area contributed by atoms with E-state index in [1.54, 1.807) is 19.9 Å². The van der Waals surface area contributed by atoms with E-state index in [1.165, 1.54) is 6.07 Å². The Morgan fingerprint density at radius 2 is 2.07 bits per heavy atom. The predicted molar refractivity (Wildman–Crippen MR) is 57.4 cm³/mol. The van der Waals surface area contributed by atoms with Gasteiger partial charge in [-0.3, -0.25) is 0 Å². The average molecular weight is 262 g/mol. The number of halogens is 2. The van der Waals surface area contributed by atoms with E-state index in [4.69, 9.17) is 5.73 Å². The van der Waals surface area contributed by atoms with Gasteiger partial charge in [0.2, 0.25) is 0 Å². The molecule has 0 aliphatic heterocycles. The molecule has 4 heteroatoms. The topological polar surface area (TPSA) is 46.2 Å². The molecule has 0 heterocycles. The lowest BCUT2D eigenvalue weighted by Crippen LogP contribution is -2.25. The maximum atomic E-state index is 13.4. The quantitative estimate of drug-likeness (QED) is 0.858. The minimum Gasteiger partial charge on any atom is -0.387 e. The fourth-order valence-electron chi connectivity index (χ4n) is 1.17. The molecule has 0 aliphatic carbocycles. The van der Waals surface area contributed by atoms with E-state index in [0.717, 1.165) is 10.0 Å². The molecular weight excluding hydrogens is 249 g/mol. The summed E-state index contributed by atoms with van der Waals surface area (Å²) in [6.07, 6.45) is -0.966. The molecule has 2 unspecified atom stereocenters. The van der Waals surface area contributed by atoms with Gasteiger partial charge in [0.15, 0.2) is 0 Å². The minimum atomic E-state index is -0.966. The van der Waals surface area contributed by atoms with Crippen LogP contribution in [0.3, 0.4) is 0 Å². The zero-order valence-corrected chi connectivity index (χ0v) is 9.68. The number of benzene rings is 1. The first-order chi connectivity index (χ1) is 6.43. The smallest absolute Gasteiger partial charge is 0.129 e. The van der Waals surface area contributed by atoms with Crippen molar-refractivity contribution in [2.45, 2.75) is 26.0 Å². The zero-order chi connectivity index (χ0) is 10.9. The lowest BCUT2D eigenvalue weighted by molar-refractivity contribution is 0.149. The van der Waals surface area contributed by atoms with Crippen molar-refractivity contribution in [3.8, 4) is 0 Å². The van der Waals surface area contributed by atoms with Crippen LogP contribution in [-0.4, -0.2) is 11.1 Å². The first-order valence-corrected chi connectivity index (χ1v) is 5.12. The van der Waals surface area contributed by atoms with E-state index in [1.807, 2.05) is 0 Å². The fraction of sp³-hybridized carbons (Fsp3) is 0.400. The summed E-state index contributed by atoms with van der Waals surface area (Å²) in [6, 6.07) is 2.46. The Kier molecular flexibility index (Phi) is 3.64. The second-order valence-corrected chi connectivity index (χ2v) is 4.28. The van der Waals surface area contributed by atoms with Crippen molar-refractivity contribution in [2.75, 3.05) is 0 Å². The molecule has 0 saturated heterocycles. The van der Waals surface area contributed by atoms with Crippen molar-refractivity contribution < 1.29 is 9.50 Å². The number of hydrogen-bond donors (Lipinski definition) is 2. The van der Waals surface area contributed by atoms with Gasteiger partial charge in [-0.15, -0.1) is 0 Å². The van der Waals surface area contributed by atoms with Crippen LogP contribution in [-0.2, 0) is 0 Å². The van der Waals surface area contributed by atoms with E-state index in [-0.39, 0.29) is 5.56 Å². The third-order valence-corrected chi connectivity index (χ3v) is 2.95. The van der Waals surface area contributed by atoms with Gasteiger partial charge in [0.25, 0.3) is 0 Å². The Labute approximate surface area is 91.1 Å². The largest absolute Gasteiger partial charge is 0.387 e. The van der Waals surface area contributed by atoms with Crippen molar-refractivity contribution in [1.82, 2.24) is 0 Å². The molecule has 0 aromatic heterocycles. The van der Waals surface area contributed by atoms with Gasteiger partial charge in [-0.2, -0.15) is 0 Å². The van der Waals surface area contributed by atoms with Crippen molar-refractivity contribution in [1.29, 1.82) is 0 Å². The van der Waals surface area contributed by atoms with Crippen LogP contribution in [0, 0.1) is 12.7 Å². The number of aliphatic hydroxyl groups excluding tert-OH is 1. The Morgan fingerprint density at radius 3 is 2.57 bits per heavy atom. The molecule has 1 rings (SSSR count). The van der Waals surface area contributed by atoms with Gasteiger partial charge < -0.3 is 10.8 Å². The van der Waals surface area contributed by atoms with Crippen molar-refractivity contribution in [3.05, 3.63) is 33.5 Å². The minimum absolute atomic E-state index is 0.234. The van der Waals surface area contributed by atoms with Gasteiger partial charge in [0.1, 0.15) is 5.82 Å². The summed E-state index contributed by atoms with van der Waals surface area (Å²) in [6.45, 7) is 3.42. The highest BCUT2D eigenvalue weighted by atomic mass is 79.9. The molecule has 0 radical (unpaired) electrons. The van der Waals surface area contributed by atoms with Crippen LogP contribution < -0.4 is 5.73 Å². The van der Waals surface area contributed by atoms with E-state index in [9.17, 15) is 9.50 Å². The van der Waals surface area contributed by atoms with Crippen LogP contribution in [0.1, 0.15) is 24.2 Å². The molecule has 0 fully saturated rings. The van der Waals surface area contributed by atoms with Gasteiger partial charge in [-0.25, -0.2) is 4.39 Å². The number of hydrogen-bond acceptors (Lipinski definition) is 2. The third-order valence-electron chi connectivity index (χ3n) is 2.09. The van der Waals surface area contributed by atoms with Crippen molar-refractivity contribution in [2.24, 2.45) is 5.73 Å². The normalized spacial score (nSPS) is 15.3. The van der Waals surface area contributed by atoms with Gasteiger partial charge in [0, 0.05) is 16.1 Å². The summed E-state index contributed by atoms with van der Waals surface area (Å²) in [4.78, 5) is 0. The summed E-state index contributed by atoms with van der Waals surface area (Å²) in [5.41, 5.74) is 6.52. The number of aliphatic hydroxyl groups is 1. The molecule has 78 valence electrons. The summed E-state index contributed by atoms with van der Waals surface area (Å²) in [5.74, 6) is -0.421. The summed E-state index contributed by atoms with van der Waals surface area (Å²) < 4.78 is 14.2. The number of aryl methyl sites for hydroxylation is 1. The first-order valence-electron chi connectivity index (χ1n) is 4.32. The van der Waals surface area contributed by atoms with E-state index >= 15 is 0 Å². The second-order valence-electron chi connectivity index (χ2n) is 3.43. The molecule has 0 aliphatic rings. The molecule has 2 nitrogen and oxygen atoms in total. The maximum Gasteiger partial charge on any atom is 0.129 e. The summed E-state index contributed by atoms with van der Waals surface area (Å²) >= 11 is 3.28. The molecule has 3 N–H and O–H groups in total. The van der Waals surface area contributed by atoms with Gasteiger partial charge in [0.05, 0.1) is 6.10 Å². The molecular formula is C10H13BrFNO. The standard InChI is InChI=1S/C10H13BrFNO/c1-5-3-9(12)7(4-8(5)11)10(14)6(2)13/h3-4,6,10,14H,13H2,1-2H3. The monoisotopic (exact) mass is 261 g/mol. The number of nitrogens with two attached hydrogens (primary N) is 1. The second kappa shape index (κ2) is 4.38. The van der Waals surface area contributed by atoms with Gasteiger partial charge in [-0.05, 0) is 31.5 Å². The highest BCUT2D eigenvalue weighted by Crippen LogP contribution is 2.26. The van der Waals surface area contributed by atoms with Gasteiger partial charge >= 0.3 is 0 Å². The third kappa shape index (κ3) is 2.32. The van der Waals surface area contributed by atoms with Crippen molar-refractivity contribution >= 4 is 15.9 Å². The Bertz CT molecular complexity index is 341. The first kappa shape index (κ1) is 11.6. The highest BCUT2D eigenvalue weighted by molar-refractivity contribution is 9.10. The van der Waals surface area contributed by atoms with Crippen LogP contribution in [0.15, 0.2) is 16.6 Å². The molecule has 1 aromatic rings. The average Bonchev–Trinajstić information content (AvgIpc) is 2.10. The van der Waals surface area contributed by atoms with Gasteiger partial charge in [-0.1, -0.05) is 15.9 Å².